The Morgan fingerprint density at radius 1 is 0.812 bits per heavy atom. The van der Waals surface area contributed by atoms with Crippen molar-refractivity contribution in [1.82, 2.24) is 0 Å². The quantitative estimate of drug-likeness (QED) is 0.543. The van der Waals surface area contributed by atoms with E-state index in [1.807, 2.05) is 24.3 Å². The molecule has 3 saturated heterocycles. The zero-order chi connectivity index (χ0) is 21.8. The van der Waals surface area contributed by atoms with Gasteiger partial charge < -0.3 is 29.0 Å². The van der Waals surface area contributed by atoms with E-state index in [0.717, 1.165) is 60.6 Å². The van der Waals surface area contributed by atoms with Gasteiger partial charge in [0.1, 0.15) is 18.3 Å². The predicted octanol–water partition coefficient (Wildman–Crippen LogP) is 4.47. The lowest BCUT2D eigenvalue weighted by Gasteiger charge is -2.36. The number of hydrogen-bond acceptors (Lipinski definition) is 6. The Morgan fingerprint density at radius 2 is 1.41 bits per heavy atom. The SMILES string of the molecule is O=C(Nc1ccccc1I)[C@@H]1O[C@@H]2OC3(CCCCC3)O[C@@H]2[C@H]2OC3(CCCCC3)O[C@H]21. The number of fused-ring (bicyclic) bond motifs is 3. The van der Waals surface area contributed by atoms with E-state index in [1.165, 1.54) is 12.8 Å². The van der Waals surface area contributed by atoms with Gasteiger partial charge in [-0.05, 0) is 60.4 Å². The van der Waals surface area contributed by atoms with E-state index in [2.05, 4.69) is 27.9 Å². The Hall–Kier alpha value is -0.780. The first-order valence-corrected chi connectivity index (χ1v) is 13.1. The fourth-order valence-electron chi connectivity index (χ4n) is 5.93. The van der Waals surface area contributed by atoms with Gasteiger partial charge in [0.15, 0.2) is 24.0 Å². The van der Waals surface area contributed by atoms with Crippen LogP contribution in [-0.4, -0.2) is 48.2 Å². The number of benzene rings is 1. The standard InChI is InChI=1S/C24H30INO6/c25-15-9-3-4-10-16(15)26-21(27)19-17-18(30-23(29-17)11-5-1-6-12-23)20-22(28-19)32-24(31-20)13-7-2-8-14-24/h3-4,9-10,17-20,22H,1-2,5-8,11-14H2,(H,26,27)/t17-,18+,19-,20-,22-/m1/s1. The molecule has 0 unspecified atom stereocenters. The van der Waals surface area contributed by atoms with Gasteiger partial charge in [0.25, 0.3) is 5.91 Å². The lowest BCUT2D eigenvalue weighted by Crippen LogP contribution is -2.58. The van der Waals surface area contributed by atoms with E-state index in [9.17, 15) is 4.79 Å². The zero-order valence-corrected chi connectivity index (χ0v) is 20.3. The van der Waals surface area contributed by atoms with Crippen molar-refractivity contribution in [3.8, 4) is 0 Å². The summed E-state index contributed by atoms with van der Waals surface area (Å²) in [6, 6.07) is 7.71. The molecule has 1 N–H and O–H groups in total. The van der Waals surface area contributed by atoms with Crippen LogP contribution >= 0.6 is 22.6 Å². The summed E-state index contributed by atoms with van der Waals surface area (Å²) in [5, 5.41) is 3.03. The molecule has 174 valence electrons. The maximum absolute atomic E-state index is 13.4. The van der Waals surface area contributed by atoms with Gasteiger partial charge in [-0.1, -0.05) is 25.0 Å². The molecule has 5 fully saturated rings. The number of carbonyl (C=O) groups is 1. The summed E-state index contributed by atoms with van der Waals surface area (Å²) in [6.45, 7) is 0. The van der Waals surface area contributed by atoms with E-state index >= 15 is 0 Å². The molecule has 3 aliphatic heterocycles. The second-order valence-corrected chi connectivity index (χ2v) is 10.9. The molecule has 5 aliphatic rings. The average Bonchev–Trinajstić information content (AvgIpc) is 3.33. The van der Waals surface area contributed by atoms with Gasteiger partial charge in [-0.15, -0.1) is 0 Å². The maximum Gasteiger partial charge on any atom is 0.256 e. The number of halogens is 1. The second kappa shape index (κ2) is 8.46. The molecule has 0 aromatic heterocycles. The number of nitrogens with one attached hydrogen (secondary N) is 1. The number of anilines is 1. The van der Waals surface area contributed by atoms with Crippen LogP contribution in [-0.2, 0) is 28.5 Å². The Morgan fingerprint density at radius 3 is 2.09 bits per heavy atom. The van der Waals surface area contributed by atoms with E-state index in [0.29, 0.717) is 0 Å². The smallest absolute Gasteiger partial charge is 0.256 e. The third-order valence-corrected chi connectivity index (χ3v) is 8.44. The molecule has 2 saturated carbocycles. The van der Waals surface area contributed by atoms with E-state index in [1.54, 1.807) is 0 Å². The van der Waals surface area contributed by atoms with E-state index in [4.69, 9.17) is 23.7 Å². The minimum Gasteiger partial charge on any atom is -0.341 e. The van der Waals surface area contributed by atoms with Crippen molar-refractivity contribution < 1.29 is 28.5 Å². The van der Waals surface area contributed by atoms with Gasteiger partial charge in [-0.3, -0.25) is 4.79 Å². The number of para-hydroxylation sites is 1. The molecule has 2 aliphatic carbocycles. The molecule has 5 atom stereocenters. The number of amides is 1. The molecule has 1 amide bonds. The fourth-order valence-corrected chi connectivity index (χ4v) is 6.46. The summed E-state index contributed by atoms with van der Waals surface area (Å²) in [7, 11) is 0. The number of hydrogen-bond donors (Lipinski definition) is 1. The molecule has 32 heavy (non-hydrogen) atoms. The first-order valence-electron chi connectivity index (χ1n) is 12.0. The van der Waals surface area contributed by atoms with Crippen LogP contribution in [0.2, 0.25) is 0 Å². The Kier molecular flexibility index (Phi) is 5.75. The fraction of sp³-hybridized carbons (Fsp3) is 0.708. The Labute approximate surface area is 202 Å². The minimum absolute atomic E-state index is 0.229. The van der Waals surface area contributed by atoms with Gasteiger partial charge in [0.05, 0.1) is 5.69 Å². The first-order chi connectivity index (χ1) is 15.6. The van der Waals surface area contributed by atoms with Crippen LogP contribution in [0.1, 0.15) is 64.2 Å². The summed E-state index contributed by atoms with van der Waals surface area (Å²) >= 11 is 2.22. The van der Waals surface area contributed by atoms with Crippen molar-refractivity contribution in [3.05, 3.63) is 27.8 Å². The summed E-state index contributed by atoms with van der Waals surface area (Å²) in [5.41, 5.74) is 0.763. The number of carbonyl (C=O) groups excluding carboxylic acids is 1. The van der Waals surface area contributed by atoms with Crippen LogP contribution < -0.4 is 5.32 Å². The third-order valence-electron chi connectivity index (χ3n) is 7.50. The predicted molar refractivity (Wildman–Crippen MR) is 124 cm³/mol. The highest BCUT2D eigenvalue weighted by molar-refractivity contribution is 14.1. The van der Waals surface area contributed by atoms with Gasteiger partial charge in [-0.2, -0.15) is 0 Å². The molecule has 6 rings (SSSR count). The molecule has 2 spiro atoms. The molecule has 8 heteroatoms. The monoisotopic (exact) mass is 555 g/mol. The van der Waals surface area contributed by atoms with E-state index in [-0.39, 0.29) is 18.1 Å². The summed E-state index contributed by atoms with van der Waals surface area (Å²) < 4.78 is 33.3. The largest absolute Gasteiger partial charge is 0.341 e. The molecule has 1 aromatic rings. The van der Waals surface area contributed by atoms with Crippen LogP contribution in [0, 0.1) is 3.57 Å². The summed E-state index contributed by atoms with van der Waals surface area (Å²) in [5.74, 6) is -1.49. The lowest BCUT2D eigenvalue weighted by molar-refractivity contribution is -0.246. The van der Waals surface area contributed by atoms with Gasteiger partial charge in [0, 0.05) is 29.3 Å². The van der Waals surface area contributed by atoms with Crippen molar-refractivity contribution >= 4 is 34.2 Å². The topological polar surface area (TPSA) is 75.3 Å². The van der Waals surface area contributed by atoms with Crippen molar-refractivity contribution in [2.75, 3.05) is 5.32 Å². The van der Waals surface area contributed by atoms with Crippen LogP contribution in [0.25, 0.3) is 0 Å². The van der Waals surface area contributed by atoms with Crippen LogP contribution in [0.4, 0.5) is 5.69 Å². The van der Waals surface area contributed by atoms with Crippen LogP contribution in [0.3, 0.4) is 0 Å². The van der Waals surface area contributed by atoms with Gasteiger partial charge >= 0.3 is 0 Å². The van der Waals surface area contributed by atoms with E-state index < -0.39 is 30.1 Å². The highest BCUT2D eigenvalue weighted by Gasteiger charge is 2.65. The summed E-state index contributed by atoms with van der Waals surface area (Å²) in [6.07, 6.45) is 7.34. The van der Waals surface area contributed by atoms with Crippen molar-refractivity contribution in [2.24, 2.45) is 0 Å². The summed E-state index contributed by atoms with van der Waals surface area (Å²) in [4.78, 5) is 13.4. The van der Waals surface area contributed by atoms with Crippen molar-refractivity contribution in [2.45, 2.75) is 106 Å². The third kappa shape index (κ3) is 3.80. The van der Waals surface area contributed by atoms with Crippen LogP contribution in [0.15, 0.2) is 24.3 Å². The van der Waals surface area contributed by atoms with Crippen molar-refractivity contribution in [1.29, 1.82) is 0 Å². The zero-order valence-electron chi connectivity index (χ0n) is 18.1. The normalized spacial score (nSPS) is 37.2. The van der Waals surface area contributed by atoms with Crippen molar-refractivity contribution in [3.63, 3.8) is 0 Å². The molecule has 0 bridgehead atoms. The maximum atomic E-state index is 13.4. The molecular weight excluding hydrogens is 525 g/mol. The Bertz CT molecular complexity index is 868. The molecular formula is C24H30INO6. The first kappa shape index (κ1) is 21.7. The van der Waals surface area contributed by atoms with Gasteiger partial charge in [0.2, 0.25) is 0 Å². The number of ether oxygens (including phenoxy) is 5. The van der Waals surface area contributed by atoms with Gasteiger partial charge in [-0.25, -0.2) is 0 Å². The highest BCUT2D eigenvalue weighted by Crippen LogP contribution is 2.51. The molecule has 1 aromatic carbocycles. The number of rotatable bonds is 2. The second-order valence-electron chi connectivity index (χ2n) is 9.70. The molecule has 7 nitrogen and oxygen atoms in total. The van der Waals surface area contributed by atoms with Crippen LogP contribution in [0.5, 0.6) is 0 Å². The molecule has 3 heterocycles. The molecule has 0 radical (unpaired) electrons. The Balaban J connectivity index is 1.28. The minimum atomic E-state index is -0.819. The lowest BCUT2D eigenvalue weighted by atomic mass is 9.94. The highest BCUT2D eigenvalue weighted by atomic mass is 127. The average molecular weight is 555 g/mol.